The van der Waals surface area contributed by atoms with E-state index in [2.05, 4.69) is 29.2 Å². The van der Waals surface area contributed by atoms with Crippen molar-refractivity contribution in [3.8, 4) is 0 Å². The third-order valence-corrected chi connectivity index (χ3v) is 3.74. The summed E-state index contributed by atoms with van der Waals surface area (Å²) in [7, 11) is 0. The lowest BCUT2D eigenvalue weighted by Crippen LogP contribution is -2.24. The quantitative estimate of drug-likeness (QED) is 0.705. The number of rotatable bonds is 5. The molecule has 21 heavy (non-hydrogen) atoms. The molecule has 1 heterocycles. The van der Waals surface area contributed by atoms with Crippen molar-refractivity contribution in [1.82, 2.24) is 4.98 Å². The fourth-order valence-corrected chi connectivity index (χ4v) is 2.72. The number of aldehydes is 1. The van der Waals surface area contributed by atoms with E-state index in [4.69, 9.17) is 5.73 Å². The molecule has 106 valence electrons. The zero-order valence-electron chi connectivity index (χ0n) is 11.8. The molecule has 3 N–H and O–H groups in total. The van der Waals surface area contributed by atoms with Gasteiger partial charge in [-0.3, -0.25) is 0 Å². The van der Waals surface area contributed by atoms with Gasteiger partial charge < -0.3 is 15.5 Å². The van der Waals surface area contributed by atoms with Gasteiger partial charge in [0.15, 0.2) is 0 Å². The minimum absolute atomic E-state index is 0.460. The van der Waals surface area contributed by atoms with Crippen LogP contribution >= 0.6 is 0 Å². The Kier molecular flexibility index (Phi) is 3.84. The van der Waals surface area contributed by atoms with Crippen LogP contribution in [-0.2, 0) is 17.6 Å². The first-order chi connectivity index (χ1) is 10.3. The van der Waals surface area contributed by atoms with Crippen LogP contribution in [0.25, 0.3) is 10.9 Å². The summed E-state index contributed by atoms with van der Waals surface area (Å²) in [5.74, 6) is 0. The number of hydrogen-bond acceptors (Lipinski definition) is 2. The maximum atomic E-state index is 10.9. The summed E-state index contributed by atoms with van der Waals surface area (Å²) in [6.45, 7) is 0. The van der Waals surface area contributed by atoms with E-state index in [9.17, 15) is 4.79 Å². The average molecular weight is 278 g/mol. The van der Waals surface area contributed by atoms with Crippen LogP contribution in [0.4, 0.5) is 0 Å². The lowest BCUT2D eigenvalue weighted by molar-refractivity contribution is -0.108. The Morgan fingerprint density at radius 1 is 1.05 bits per heavy atom. The Bertz CT molecular complexity index is 746. The minimum atomic E-state index is -0.460. The molecule has 3 rings (SSSR count). The average Bonchev–Trinajstić information content (AvgIpc) is 2.86. The summed E-state index contributed by atoms with van der Waals surface area (Å²) in [6.07, 6.45) is 2.19. The highest BCUT2D eigenvalue weighted by Crippen LogP contribution is 2.25. The monoisotopic (exact) mass is 278 g/mol. The molecule has 2 aromatic carbocycles. The third kappa shape index (κ3) is 2.88. The predicted molar refractivity (Wildman–Crippen MR) is 85.3 cm³/mol. The summed E-state index contributed by atoms with van der Waals surface area (Å²) in [6, 6.07) is 18.0. The molecule has 0 bridgehead atoms. The maximum absolute atomic E-state index is 10.9. The van der Waals surface area contributed by atoms with Crippen LogP contribution < -0.4 is 5.73 Å². The van der Waals surface area contributed by atoms with E-state index in [1.54, 1.807) is 0 Å². The summed E-state index contributed by atoms with van der Waals surface area (Å²) in [5.41, 5.74) is 10.5. The Balaban J connectivity index is 2.03. The highest BCUT2D eigenvalue weighted by molar-refractivity contribution is 5.85. The Hall–Kier alpha value is -2.39. The molecule has 3 nitrogen and oxygen atoms in total. The van der Waals surface area contributed by atoms with Crippen molar-refractivity contribution in [2.45, 2.75) is 18.9 Å². The summed E-state index contributed by atoms with van der Waals surface area (Å²) < 4.78 is 0. The fourth-order valence-electron chi connectivity index (χ4n) is 2.72. The van der Waals surface area contributed by atoms with Crippen LogP contribution in [0.2, 0.25) is 0 Å². The van der Waals surface area contributed by atoms with Crippen LogP contribution in [0.5, 0.6) is 0 Å². The van der Waals surface area contributed by atoms with Gasteiger partial charge in [0, 0.05) is 23.0 Å². The SMILES string of the molecule is N[C@H](C=O)Cc1c(Cc2ccccc2)[nH]c2ccccc12. The number of fused-ring (bicyclic) bond motifs is 1. The lowest BCUT2D eigenvalue weighted by atomic mass is 10.00. The molecular weight excluding hydrogens is 260 g/mol. The fraction of sp³-hybridized carbons (Fsp3) is 0.167. The summed E-state index contributed by atoms with van der Waals surface area (Å²) in [4.78, 5) is 14.4. The van der Waals surface area contributed by atoms with Crippen LogP contribution in [0.3, 0.4) is 0 Å². The highest BCUT2D eigenvalue weighted by Gasteiger charge is 2.14. The van der Waals surface area contributed by atoms with E-state index >= 15 is 0 Å². The second kappa shape index (κ2) is 5.94. The molecule has 1 aromatic heterocycles. The Labute approximate surface area is 123 Å². The number of nitrogens with two attached hydrogens (primary N) is 1. The zero-order chi connectivity index (χ0) is 14.7. The van der Waals surface area contributed by atoms with Gasteiger partial charge >= 0.3 is 0 Å². The van der Waals surface area contributed by atoms with E-state index in [0.717, 1.165) is 34.9 Å². The number of nitrogens with one attached hydrogen (secondary N) is 1. The number of hydrogen-bond donors (Lipinski definition) is 2. The van der Waals surface area contributed by atoms with Gasteiger partial charge in [0.1, 0.15) is 6.29 Å². The van der Waals surface area contributed by atoms with E-state index in [1.165, 1.54) is 5.56 Å². The van der Waals surface area contributed by atoms with Crippen LogP contribution in [-0.4, -0.2) is 17.3 Å². The normalized spacial score (nSPS) is 12.4. The first-order valence-electron chi connectivity index (χ1n) is 7.11. The van der Waals surface area contributed by atoms with Crippen molar-refractivity contribution in [2.75, 3.05) is 0 Å². The molecule has 0 saturated carbocycles. The van der Waals surface area contributed by atoms with E-state index < -0.39 is 6.04 Å². The molecule has 0 aliphatic heterocycles. The molecule has 0 amide bonds. The number of carbonyl (C=O) groups is 1. The second-order valence-electron chi connectivity index (χ2n) is 5.29. The van der Waals surface area contributed by atoms with Crippen molar-refractivity contribution in [3.63, 3.8) is 0 Å². The summed E-state index contributed by atoms with van der Waals surface area (Å²) >= 11 is 0. The molecule has 0 spiro atoms. The topological polar surface area (TPSA) is 58.9 Å². The maximum Gasteiger partial charge on any atom is 0.137 e. The molecule has 0 radical (unpaired) electrons. The number of para-hydroxylation sites is 1. The summed E-state index contributed by atoms with van der Waals surface area (Å²) in [5, 5.41) is 1.15. The van der Waals surface area contributed by atoms with E-state index in [0.29, 0.717) is 6.42 Å². The third-order valence-electron chi connectivity index (χ3n) is 3.74. The van der Waals surface area contributed by atoms with E-state index in [1.807, 2.05) is 30.3 Å². The van der Waals surface area contributed by atoms with Gasteiger partial charge in [0.2, 0.25) is 0 Å². The molecule has 3 heteroatoms. The van der Waals surface area contributed by atoms with Gasteiger partial charge in [-0.25, -0.2) is 0 Å². The molecule has 3 aromatic rings. The van der Waals surface area contributed by atoms with Crippen LogP contribution in [0.1, 0.15) is 16.8 Å². The van der Waals surface area contributed by atoms with Crippen LogP contribution in [0.15, 0.2) is 54.6 Å². The number of H-pyrrole nitrogens is 1. The zero-order valence-corrected chi connectivity index (χ0v) is 11.8. The Morgan fingerprint density at radius 2 is 1.76 bits per heavy atom. The number of aromatic nitrogens is 1. The smallest absolute Gasteiger partial charge is 0.137 e. The molecule has 0 unspecified atom stereocenters. The number of benzene rings is 2. The molecule has 0 saturated heterocycles. The first kappa shape index (κ1) is 13.6. The molecular formula is C18H18N2O. The van der Waals surface area contributed by atoms with Crippen molar-refractivity contribution < 1.29 is 4.79 Å². The lowest BCUT2D eigenvalue weighted by Gasteiger charge is -2.07. The van der Waals surface area contributed by atoms with Gasteiger partial charge in [0.05, 0.1) is 6.04 Å². The van der Waals surface area contributed by atoms with Crippen molar-refractivity contribution in [3.05, 3.63) is 71.4 Å². The van der Waals surface area contributed by atoms with Gasteiger partial charge in [-0.05, 0) is 23.6 Å². The molecule has 0 aliphatic carbocycles. The van der Waals surface area contributed by atoms with Gasteiger partial charge in [-0.15, -0.1) is 0 Å². The molecule has 0 aliphatic rings. The van der Waals surface area contributed by atoms with Gasteiger partial charge in [0.25, 0.3) is 0 Å². The highest BCUT2D eigenvalue weighted by atomic mass is 16.1. The van der Waals surface area contributed by atoms with Crippen molar-refractivity contribution >= 4 is 17.2 Å². The molecule has 0 fully saturated rings. The minimum Gasteiger partial charge on any atom is -0.358 e. The largest absolute Gasteiger partial charge is 0.358 e. The predicted octanol–water partition coefficient (Wildman–Crippen LogP) is 2.83. The van der Waals surface area contributed by atoms with Crippen molar-refractivity contribution in [2.24, 2.45) is 5.73 Å². The number of carbonyl (C=O) groups excluding carboxylic acids is 1. The first-order valence-corrected chi connectivity index (χ1v) is 7.11. The Morgan fingerprint density at radius 3 is 2.52 bits per heavy atom. The van der Waals surface area contributed by atoms with Gasteiger partial charge in [-0.2, -0.15) is 0 Å². The standard InChI is InChI=1S/C18H18N2O/c19-14(12-21)11-16-15-8-4-5-9-17(15)20-18(16)10-13-6-2-1-3-7-13/h1-9,12,14,20H,10-11,19H2/t14-/m0/s1. The second-order valence-corrected chi connectivity index (χ2v) is 5.29. The van der Waals surface area contributed by atoms with Gasteiger partial charge in [-0.1, -0.05) is 48.5 Å². The van der Waals surface area contributed by atoms with Crippen LogP contribution in [0, 0.1) is 0 Å². The van der Waals surface area contributed by atoms with E-state index in [-0.39, 0.29) is 0 Å². The van der Waals surface area contributed by atoms with Crippen molar-refractivity contribution in [1.29, 1.82) is 0 Å². The number of aromatic amines is 1. The molecule has 1 atom stereocenters.